The van der Waals surface area contributed by atoms with E-state index >= 15 is 0 Å². The van der Waals surface area contributed by atoms with Crippen molar-refractivity contribution in [3.63, 3.8) is 0 Å². The van der Waals surface area contributed by atoms with Crippen LogP contribution >= 0.6 is 27.5 Å². The molecule has 0 amide bonds. The van der Waals surface area contributed by atoms with E-state index in [0.717, 1.165) is 34.4 Å². The molecular weight excluding hydrogens is 346 g/mol. The lowest BCUT2D eigenvalue weighted by Crippen LogP contribution is -2.24. The summed E-state index contributed by atoms with van der Waals surface area (Å²) in [5.41, 5.74) is 3.63. The molecule has 3 heteroatoms. The molecule has 0 fully saturated rings. The highest BCUT2D eigenvalue weighted by Crippen LogP contribution is 2.28. The minimum absolute atomic E-state index is 0.249. The molecule has 2 aromatic carbocycles. The molecule has 1 nitrogen and oxygen atoms in total. The van der Waals surface area contributed by atoms with E-state index in [-0.39, 0.29) is 6.04 Å². The van der Waals surface area contributed by atoms with Crippen LogP contribution in [0, 0.1) is 6.92 Å². The number of rotatable bonds is 6. The van der Waals surface area contributed by atoms with Gasteiger partial charge in [0.2, 0.25) is 0 Å². The number of aryl methyl sites for hydroxylation is 1. The average molecular weight is 367 g/mol. The van der Waals surface area contributed by atoms with E-state index in [1.54, 1.807) is 0 Å². The monoisotopic (exact) mass is 365 g/mol. The van der Waals surface area contributed by atoms with Crippen LogP contribution in [-0.4, -0.2) is 6.54 Å². The van der Waals surface area contributed by atoms with Crippen LogP contribution in [0.3, 0.4) is 0 Å². The smallest absolute Gasteiger partial charge is 0.0483 e. The van der Waals surface area contributed by atoms with Gasteiger partial charge in [-0.05, 0) is 55.1 Å². The molecule has 0 aliphatic rings. The number of benzene rings is 2. The molecule has 1 N–H and O–H groups in total. The third-order valence-corrected chi connectivity index (χ3v) is 4.64. The third kappa shape index (κ3) is 4.57. The topological polar surface area (TPSA) is 12.0 Å². The third-order valence-electron chi connectivity index (χ3n) is 3.59. The summed E-state index contributed by atoms with van der Waals surface area (Å²) < 4.78 is 1.11. The number of halogens is 2. The fraction of sp³-hybridized carbons (Fsp3) is 0.333. The molecule has 0 radical (unpaired) electrons. The standard InChI is InChI=1S/C18H21BrClN/c1-3-11-21-17(12-14-7-9-15(19)10-8-14)16-6-4-5-13(2)18(16)20/h4-10,17,21H,3,11-12H2,1-2H3. The van der Waals surface area contributed by atoms with Crippen molar-refractivity contribution in [3.05, 3.63) is 68.7 Å². The summed E-state index contributed by atoms with van der Waals surface area (Å²) in [6.07, 6.45) is 2.05. The van der Waals surface area contributed by atoms with Crippen LogP contribution in [0.4, 0.5) is 0 Å². The normalized spacial score (nSPS) is 12.4. The Labute approximate surface area is 140 Å². The Morgan fingerprint density at radius 1 is 1.14 bits per heavy atom. The van der Waals surface area contributed by atoms with Crippen LogP contribution in [0.25, 0.3) is 0 Å². The Kier molecular flexibility index (Phi) is 6.28. The zero-order valence-electron chi connectivity index (χ0n) is 12.5. The summed E-state index contributed by atoms with van der Waals surface area (Å²) in [5.74, 6) is 0. The van der Waals surface area contributed by atoms with Crippen molar-refractivity contribution in [2.75, 3.05) is 6.54 Å². The molecule has 0 aliphatic carbocycles. The molecule has 0 aromatic heterocycles. The second-order valence-electron chi connectivity index (χ2n) is 5.32. The van der Waals surface area contributed by atoms with E-state index in [1.165, 1.54) is 11.1 Å². The number of nitrogens with one attached hydrogen (secondary N) is 1. The molecule has 112 valence electrons. The lowest BCUT2D eigenvalue weighted by atomic mass is 9.97. The average Bonchev–Trinajstić information content (AvgIpc) is 2.48. The summed E-state index contributed by atoms with van der Waals surface area (Å²) in [7, 11) is 0. The molecule has 0 spiro atoms. The van der Waals surface area contributed by atoms with Crippen LogP contribution in [0.2, 0.25) is 5.02 Å². The molecule has 2 aromatic rings. The van der Waals surface area contributed by atoms with Crippen LogP contribution in [0.15, 0.2) is 46.9 Å². The highest BCUT2D eigenvalue weighted by molar-refractivity contribution is 9.10. The van der Waals surface area contributed by atoms with Gasteiger partial charge < -0.3 is 5.32 Å². The molecular formula is C18H21BrClN. The maximum atomic E-state index is 6.51. The predicted octanol–water partition coefficient (Wildman–Crippen LogP) is 5.69. The summed E-state index contributed by atoms with van der Waals surface area (Å²) in [6, 6.07) is 15.0. The number of hydrogen-bond donors (Lipinski definition) is 1. The fourth-order valence-electron chi connectivity index (χ4n) is 2.41. The SMILES string of the molecule is CCCNC(Cc1ccc(Br)cc1)c1cccc(C)c1Cl. The van der Waals surface area contributed by atoms with E-state index in [2.05, 4.69) is 77.6 Å². The summed E-state index contributed by atoms with van der Waals surface area (Å²) >= 11 is 9.99. The zero-order valence-corrected chi connectivity index (χ0v) is 14.8. The van der Waals surface area contributed by atoms with Gasteiger partial charge in [0.1, 0.15) is 0 Å². The van der Waals surface area contributed by atoms with E-state index in [4.69, 9.17) is 11.6 Å². The minimum Gasteiger partial charge on any atom is -0.310 e. The van der Waals surface area contributed by atoms with Crippen molar-refractivity contribution < 1.29 is 0 Å². The van der Waals surface area contributed by atoms with Crippen molar-refractivity contribution in [2.45, 2.75) is 32.7 Å². The molecule has 0 bridgehead atoms. The summed E-state index contributed by atoms with van der Waals surface area (Å²) in [6.45, 7) is 5.23. The van der Waals surface area contributed by atoms with E-state index < -0.39 is 0 Å². The van der Waals surface area contributed by atoms with E-state index in [9.17, 15) is 0 Å². The van der Waals surface area contributed by atoms with Gasteiger partial charge in [0, 0.05) is 15.5 Å². The van der Waals surface area contributed by atoms with Crippen molar-refractivity contribution in [3.8, 4) is 0 Å². The van der Waals surface area contributed by atoms with Crippen molar-refractivity contribution in [1.82, 2.24) is 5.32 Å². The zero-order chi connectivity index (χ0) is 15.2. The first-order valence-electron chi connectivity index (χ1n) is 7.34. The Bertz CT molecular complexity index is 580. The van der Waals surface area contributed by atoms with Gasteiger partial charge in [-0.2, -0.15) is 0 Å². The largest absolute Gasteiger partial charge is 0.310 e. The first-order valence-corrected chi connectivity index (χ1v) is 8.51. The quantitative estimate of drug-likeness (QED) is 0.692. The van der Waals surface area contributed by atoms with Crippen molar-refractivity contribution >= 4 is 27.5 Å². The highest BCUT2D eigenvalue weighted by atomic mass is 79.9. The molecule has 1 unspecified atom stereocenters. The lowest BCUT2D eigenvalue weighted by molar-refractivity contribution is 0.529. The van der Waals surface area contributed by atoms with Crippen LogP contribution in [0.5, 0.6) is 0 Å². The second-order valence-corrected chi connectivity index (χ2v) is 6.61. The van der Waals surface area contributed by atoms with Crippen molar-refractivity contribution in [1.29, 1.82) is 0 Å². The Hall–Kier alpha value is -0.830. The van der Waals surface area contributed by atoms with Gasteiger partial charge in [-0.1, -0.05) is 64.8 Å². The van der Waals surface area contributed by atoms with Gasteiger partial charge in [0.05, 0.1) is 0 Å². The summed E-state index contributed by atoms with van der Waals surface area (Å²) in [4.78, 5) is 0. The molecule has 0 saturated carbocycles. The molecule has 0 saturated heterocycles. The first kappa shape index (κ1) is 16.5. The van der Waals surface area contributed by atoms with Crippen LogP contribution < -0.4 is 5.32 Å². The van der Waals surface area contributed by atoms with Crippen molar-refractivity contribution in [2.24, 2.45) is 0 Å². The van der Waals surface area contributed by atoms with Gasteiger partial charge in [-0.3, -0.25) is 0 Å². The van der Waals surface area contributed by atoms with Crippen LogP contribution in [-0.2, 0) is 6.42 Å². The lowest BCUT2D eigenvalue weighted by Gasteiger charge is -2.21. The Morgan fingerprint density at radius 2 is 1.86 bits per heavy atom. The van der Waals surface area contributed by atoms with Gasteiger partial charge in [-0.15, -0.1) is 0 Å². The molecule has 21 heavy (non-hydrogen) atoms. The van der Waals surface area contributed by atoms with E-state index in [1.807, 2.05) is 0 Å². The van der Waals surface area contributed by atoms with E-state index in [0.29, 0.717) is 0 Å². The number of hydrogen-bond acceptors (Lipinski definition) is 1. The maximum Gasteiger partial charge on any atom is 0.0483 e. The van der Waals surface area contributed by atoms with Crippen LogP contribution in [0.1, 0.15) is 36.1 Å². The highest BCUT2D eigenvalue weighted by Gasteiger charge is 2.15. The first-order chi connectivity index (χ1) is 10.1. The Balaban J connectivity index is 2.25. The maximum absolute atomic E-state index is 6.51. The van der Waals surface area contributed by atoms with Gasteiger partial charge in [0.25, 0.3) is 0 Å². The Morgan fingerprint density at radius 3 is 2.52 bits per heavy atom. The molecule has 0 aliphatic heterocycles. The predicted molar refractivity (Wildman–Crippen MR) is 95.1 cm³/mol. The fourth-order valence-corrected chi connectivity index (χ4v) is 2.93. The molecule has 0 heterocycles. The second kappa shape index (κ2) is 7.98. The molecule has 1 atom stereocenters. The van der Waals surface area contributed by atoms with Gasteiger partial charge >= 0.3 is 0 Å². The van der Waals surface area contributed by atoms with Gasteiger partial charge in [0.15, 0.2) is 0 Å². The minimum atomic E-state index is 0.249. The molecule has 2 rings (SSSR count). The summed E-state index contributed by atoms with van der Waals surface area (Å²) in [5, 5.41) is 4.50. The van der Waals surface area contributed by atoms with Gasteiger partial charge in [-0.25, -0.2) is 0 Å².